The Morgan fingerprint density at radius 1 is 1.14 bits per heavy atom. The third-order valence-electron chi connectivity index (χ3n) is 3.45. The normalized spacial score (nSPS) is 10.5. The summed E-state index contributed by atoms with van der Waals surface area (Å²) < 4.78 is 5.45. The van der Waals surface area contributed by atoms with Gasteiger partial charge in [0.05, 0.1) is 12.8 Å². The van der Waals surface area contributed by atoms with Gasteiger partial charge in [0.2, 0.25) is 0 Å². The molecule has 0 radical (unpaired) electrons. The van der Waals surface area contributed by atoms with Crippen molar-refractivity contribution in [2.45, 2.75) is 18.2 Å². The molecule has 22 heavy (non-hydrogen) atoms. The van der Waals surface area contributed by atoms with Crippen molar-refractivity contribution in [3.8, 4) is 5.75 Å². The first kappa shape index (κ1) is 17.0. The number of hydrogen-bond donors (Lipinski definition) is 0. The lowest BCUT2D eigenvalue weighted by Crippen LogP contribution is -2.24. The molecule has 0 saturated heterocycles. The second-order valence-electron chi connectivity index (χ2n) is 4.91. The molecule has 0 heterocycles. The van der Waals surface area contributed by atoms with Gasteiger partial charge < -0.3 is 9.64 Å². The number of methoxy groups -OCH3 is 1. The Labute approximate surface area is 142 Å². The predicted molar refractivity (Wildman–Crippen MR) is 97.7 cm³/mol. The third-order valence-corrected chi connectivity index (χ3v) is 4.78. The molecular weight excluding hydrogens is 314 g/mol. The Hall–Kier alpha value is -1.32. The summed E-state index contributed by atoms with van der Waals surface area (Å²) in [5, 5.41) is 0.743. The number of ether oxygens (including phenoxy) is 1. The maximum absolute atomic E-state index is 6.13. The highest BCUT2D eigenvalue weighted by atomic mass is 35.5. The molecule has 0 aromatic heterocycles. The van der Waals surface area contributed by atoms with Gasteiger partial charge in [-0.25, -0.2) is 0 Å². The molecule has 118 valence electrons. The lowest BCUT2D eigenvalue weighted by Gasteiger charge is -2.25. The van der Waals surface area contributed by atoms with Crippen molar-refractivity contribution >= 4 is 29.1 Å². The van der Waals surface area contributed by atoms with Crippen LogP contribution in [0.1, 0.15) is 13.3 Å². The number of halogens is 1. The van der Waals surface area contributed by atoms with Gasteiger partial charge in [0.15, 0.2) is 0 Å². The molecule has 2 aromatic carbocycles. The molecule has 0 saturated carbocycles. The predicted octanol–water partition coefficient (Wildman–Crippen LogP) is 5.36. The molecule has 0 N–H and O–H groups in total. The van der Waals surface area contributed by atoms with E-state index in [4.69, 9.17) is 16.3 Å². The highest BCUT2D eigenvalue weighted by Gasteiger charge is 2.11. The van der Waals surface area contributed by atoms with Crippen molar-refractivity contribution < 1.29 is 4.74 Å². The molecule has 0 unspecified atom stereocenters. The number of hydrogen-bond acceptors (Lipinski definition) is 3. The summed E-state index contributed by atoms with van der Waals surface area (Å²) in [6.45, 7) is 4.09. The maximum atomic E-state index is 6.13. The molecule has 0 aliphatic rings. The van der Waals surface area contributed by atoms with Crippen LogP contribution < -0.4 is 9.64 Å². The summed E-state index contributed by atoms with van der Waals surface area (Å²) in [6, 6.07) is 16.3. The molecule has 4 heteroatoms. The largest absolute Gasteiger partial charge is 0.495 e. The summed E-state index contributed by atoms with van der Waals surface area (Å²) >= 11 is 8.03. The average molecular weight is 336 g/mol. The minimum atomic E-state index is 0.743. The Morgan fingerprint density at radius 2 is 1.91 bits per heavy atom. The number of rotatable bonds is 8. The molecule has 2 rings (SSSR count). The first-order chi connectivity index (χ1) is 10.7. The van der Waals surface area contributed by atoms with E-state index in [9.17, 15) is 0 Å². The molecule has 0 bridgehead atoms. The summed E-state index contributed by atoms with van der Waals surface area (Å²) in [4.78, 5) is 3.64. The van der Waals surface area contributed by atoms with Gasteiger partial charge in [0, 0.05) is 23.0 Å². The fourth-order valence-electron chi connectivity index (χ4n) is 2.32. The van der Waals surface area contributed by atoms with E-state index in [1.807, 2.05) is 36.0 Å². The SMILES string of the molecule is CCN(CCCSc1ccccc1)c1cc(Cl)ccc1OC. The first-order valence-corrected chi connectivity index (χ1v) is 8.87. The number of nitrogens with zero attached hydrogens (tertiary/aromatic N) is 1. The van der Waals surface area contributed by atoms with Gasteiger partial charge in [0.1, 0.15) is 5.75 Å². The maximum Gasteiger partial charge on any atom is 0.142 e. The molecule has 2 aromatic rings. The second-order valence-corrected chi connectivity index (χ2v) is 6.52. The second kappa shape index (κ2) is 8.96. The standard InChI is InChI=1S/C18H22ClNOS/c1-3-20(17-14-15(19)10-11-18(17)21-2)12-7-13-22-16-8-5-4-6-9-16/h4-6,8-11,14H,3,7,12-13H2,1-2H3. The molecule has 0 aliphatic carbocycles. The Bertz CT molecular complexity index is 577. The summed E-state index contributed by atoms with van der Waals surface area (Å²) in [6.07, 6.45) is 1.11. The van der Waals surface area contributed by atoms with Gasteiger partial charge in [-0.2, -0.15) is 0 Å². The van der Waals surface area contributed by atoms with E-state index < -0.39 is 0 Å². The van der Waals surface area contributed by atoms with Crippen LogP contribution in [0.3, 0.4) is 0 Å². The van der Waals surface area contributed by atoms with Crippen LogP contribution in [0.5, 0.6) is 5.75 Å². The van der Waals surface area contributed by atoms with Crippen LogP contribution in [-0.4, -0.2) is 26.0 Å². The van der Waals surface area contributed by atoms with E-state index in [1.165, 1.54) is 4.90 Å². The highest BCUT2D eigenvalue weighted by Crippen LogP contribution is 2.31. The minimum absolute atomic E-state index is 0.743. The molecule has 0 fully saturated rings. The van der Waals surface area contributed by atoms with Gasteiger partial charge in [-0.1, -0.05) is 29.8 Å². The monoisotopic (exact) mass is 335 g/mol. The minimum Gasteiger partial charge on any atom is -0.495 e. The molecule has 0 aliphatic heterocycles. The van der Waals surface area contributed by atoms with E-state index in [0.29, 0.717) is 0 Å². The fraction of sp³-hybridized carbons (Fsp3) is 0.333. The van der Waals surface area contributed by atoms with E-state index in [1.54, 1.807) is 7.11 Å². The van der Waals surface area contributed by atoms with Crippen molar-refractivity contribution in [1.82, 2.24) is 0 Å². The van der Waals surface area contributed by atoms with Gasteiger partial charge >= 0.3 is 0 Å². The third kappa shape index (κ3) is 4.85. The zero-order chi connectivity index (χ0) is 15.8. The number of thioether (sulfide) groups is 1. The Balaban J connectivity index is 1.91. The van der Waals surface area contributed by atoms with Crippen molar-refractivity contribution in [2.24, 2.45) is 0 Å². The highest BCUT2D eigenvalue weighted by molar-refractivity contribution is 7.99. The molecule has 0 amide bonds. The van der Waals surface area contributed by atoms with Gasteiger partial charge in [-0.05, 0) is 49.4 Å². The number of benzene rings is 2. The van der Waals surface area contributed by atoms with Gasteiger partial charge in [-0.3, -0.25) is 0 Å². The van der Waals surface area contributed by atoms with Crippen molar-refractivity contribution in [2.75, 3.05) is 30.9 Å². The lowest BCUT2D eigenvalue weighted by atomic mass is 10.2. The van der Waals surface area contributed by atoms with E-state index >= 15 is 0 Å². The first-order valence-electron chi connectivity index (χ1n) is 7.51. The topological polar surface area (TPSA) is 12.5 Å². The van der Waals surface area contributed by atoms with Crippen molar-refractivity contribution in [1.29, 1.82) is 0 Å². The molecule has 0 spiro atoms. The lowest BCUT2D eigenvalue weighted by molar-refractivity contribution is 0.414. The summed E-state index contributed by atoms with van der Waals surface area (Å²) in [7, 11) is 1.70. The van der Waals surface area contributed by atoms with Crippen LogP contribution in [0, 0.1) is 0 Å². The average Bonchev–Trinajstić information content (AvgIpc) is 2.56. The zero-order valence-corrected chi connectivity index (χ0v) is 14.7. The zero-order valence-electron chi connectivity index (χ0n) is 13.1. The Kier molecular flexibility index (Phi) is 6.94. The summed E-state index contributed by atoms with van der Waals surface area (Å²) in [5.41, 5.74) is 1.07. The van der Waals surface area contributed by atoms with Crippen LogP contribution in [-0.2, 0) is 0 Å². The van der Waals surface area contributed by atoms with Crippen LogP contribution >= 0.6 is 23.4 Å². The quantitative estimate of drug-likeness (QED) is 0.476. The van der Waals surface area contributed by atoms with Crippen molar-refractivity contribution in [3.05, 3.63) is 53.6 Å². The van der Waals surface area contributed by atoms with Crippen LogP contribution in [0.15, 0.2) is 53.4 Å². The number of anilines is 1. The fourth-order valence-corrected chi connectivity index (χ4v) is 3.35. The van der Waals surface area contributed by atoms with Crippen LogP contribution in [0.25, 0.3) is 0 Å². The smallest absolute Gasteiger partial charge is 0.142 e. The van der Waals surface area contributed by atoms with E-state index in [2.05, 4.69) is 36.1 Å². The molecule has 0 atom stereocenters. The van der Waals surface area contributed by atoms with E-state index in [0.717, 1.165) is 41.7 Å². The summed E-state index contributed by atoms with van der Waals surface area (Å²) in [5.74, 6) is 1.98. The molecular formula is C18H22ClNOS. The van der Waals surface area contributed by atoms with E-state index in [-0.39, 0.29) is 0 Å². The van der Waals surface area contributed by atoms with Crippen LogP contribution in [0.2, 0.25) is 5.02 Å². The van der Waals surface area contributed by atoms with Crippen molar-refractivity contribution in [3.63, 3.8) is 0 Å². The Morgan fingerprint density at radius 3 is 2.59 bits per heavy atom. The van der Waals surface area contributed by atoms with Crippen LogP contribution in [0.4, 0.5) is 5.69 Å². The molecule has 2 nitrogen and oxygen atoms in total. The van der Waals surface area contributed by atoms with Gasteiger partial charge in [0.25, 0.3) is 0 Å². The van der Waals surface area contributed by atoms with Gasteiger partial charge in [-0.15, -0.1) is 11.8 Å².